The molecule has 21 heavy (non-hydrogen) atoms. The summed E-state index contributed by atoms with van der Waals surface area (Å²) in [6.45, 7) is 0.683. The van der Waals surface area contributed by atoms with E-state index in [1.54, 1.807) is 7.05 Å². The summed E-state index contributed by atoms with van der Waals surface area (Å²) in [5, 5.41) is 0. The van der Waals surface area contributed by atoms with Crippen molar-refractivity contribution in [3.05, 3.63) is 18.2 Å². The molecule has 1 aliphatic rings. The Balaban J connectivity index is 2.40. The summed E-state index contributed by atoms with van der Waals surface area (Å²) in [6, 6.07) is 4.36. The van der Waals surface area contributed by atoms with Crippen LogP contribution in [0.2, 0.25) is 0 Å². The van der Waals surface area contributed by atoms with Crippen LogP contribution in [0, 0.1) is 0 Å². The van der Waals surface area contributed by atoms with Crippen molar-refractivity contribution >= 4 is 21.6 Å². The van der Waals surface area contributed by atoms with Crippen LogP contribution in [-0.4, -0.2) is 57.3 Å². The number of hydrogen-bond acceptors (Lipinski definition) is 5. The van der Waals surface area contributed by atoms with Crippen LogP contribution in [0.1, 0.15) is 6.42 Å². The average molecular weight is 313 g/mol. The molecule has 1 aliphatic heterocycles. The molecule has 0 unspecified atom stereocenters. The molecule has 1 aromatic rings. The van der Waals surface area contributed by atoms with Gasteiger partial charge in [-0.1, -0.05) is 0 Å². The molecule has 0 spiro atoms. The van der Waals surface area contributed by atoms with E-state index in [2.05, 4.69) is 0 Å². The number of ether oxygens (including phenoxy) is 1. The molecule has 1 heterocycles. The standard InChI is InChI=1S/C13H19N3O4S/c1-15-6-3-7-16(9-13(15)17)21(18,19)12-5-4-10(14)8-11(12)20-2/h4-5,8H,3,6-7,9,14H2,1-2H3. The van der Waals surface area contributed by atoms with Crippen LogP contribution in [0.15, 0.2) is 23.1 Å². The zero-order chi connectivity index (χ0) is 15.6. The third-order valence-electron chi connectivity index (χ3n) is 3.44. The monoisotopic (exact) mass is 313 g/mol. The summed E-state index contributed by atoms with van der Waals surface area (Å²) in [6.07, 6.45) is 0.596. The first-order valence-corrected chi connectivity index (χ1v) is 7.98. The molecule has 0 radical (unpaired) electrons. The first-order valence-electron chi connectivity index (χ1n) is 6.54. The second kappa shape index (κ2) is 5.90. The van der Waals surface area contributed by atoms with E-state index in [1.165, 1.54) is 34.5 Å². The summed E-state index contributed by atoms with van der Waals surface area (Å²) in [5.41, 5.74) is 6.06. The first kappa shape index (κ1) is 15.6. The van der Waals surface area contributed by atoms with Crippen LogP contribution in [0.3, 0.4) is 0 Å². The summed E-state index contributed by atoms with van der Waals surface area (Å²) < 4.78 is 31.7. The Labute approximate surface area is 124 Å². The van der Waals surface area contributed by atoms with Crippen LogP contribution < -0.4 is 10.5 Å². The number of methoxy groups -OCH3 is 1. The number of anilines is 1. The van der Waals surface area contributed by atoms with E-state index >= 15 is 0 Å². The van der Waals surface area contributed by atoms with Crippen molar-refractivity contribution in [1.82, 2.24) is 9.21 Å². The molecule has 0 saturated carbocycles. The molecule has 1 saturated heterocycles. The molecule has 7 nitrogen and oxygen atoms in total. The second-order valence-corrected chi connectivity index (χ2v) is 6.82. The number of sulfonamides is 1. The van der Waals surface area contributed by atoms with Gasteiger partial charge in [-0.25, -0.2) is 8.42 Å². The van der Waals surface area contributed by atoms with Gasteiger partial charge in [-0.3, -0.25) is 4.79 Å². The van der Waals surface area contributed by atoms with Gasteiger partial charge in [-0.05, 0) is 18.6 Å². The highest BCUT2D eigenvalue weighted by atomic mass is 32.2. The molecule has 0 bridgehead atoms. The maximum atomic E-state index is 12.7. The molecule has 116 valence electrons. The number of nitrogens with two attached hydrogens (primary N) is 1. The Morgan fingerprint density at radius 3 is 2.67 bits per heavy atom. The van der Waals surface area contributed by atoms with Gasteiger partial charge in [-0.15, -0.1) is 0 Å². The van der Waals surface area contributed by atoms with Gasteiger partial charge in [0.1, 0.15) is 10.6 Å². The number of rotatable bonds is 3. The van der Waals surface area contributed by atoms with Crippen molar-refractivity contribution in [3.8, 4) is 5.75 Å². The third-order valence-corrected chi connectivity index (χ3v) is 5.33. The number of amides is 1. The number of nitrogen functional groups attached to an aromatic ring is 1. The van der Waals surface area contributed by atoms with E-state index < -0.39 is 10.0 Å². The lowest BCUT2D eigenvalue weighted by molar-refractivity contribution is -0.129. The van der Waals surface area contributed by atoms with Gasteiger partial charge >= 0.3 is 0 Å². The highest BCUT2D eigenvalue weighted by Gasteiger charge is 2.31. The Morgan fingerprint density at radius 2 is 2.00 bits per heavy atom. The van der Waals surface area contributed by atoms with Crippen LogP contribution in [0.5, 0.6) is 5.75 Å². The van der Waals surface area contributed by atoms with Gasteiger partial charge in [0, 0.05) is 31.9 Å². The van der Waals surface area contributed by atoms with Crippen molar-refractivity contribution in [1.29, 1.82) is 0 Å². The van der Waals surface area contributed by atoms with Gasteiger partial charge in [0.25, 0.3) is 0 Å². The third kappa shape index (κ3) is 3.11. The molecule has 2 rings (SSSR count). The van der Waals surface area contributed by atoms with Gasteiger partial charge in [0.2, 0.25) is 15.9 Å². The summed E-state index contributed by atoms with van der Waals surface area (Å²) in [5.74, 6) is -0.0365. The highest BCUT2D eigenvalue weighted by Crippen LogP contribution is 2.29. The van der Waals surface area contributed by atoms with Crippen molar-refractivity contribution in [2.45, 2.75) is 11.3 Å². The number of nitrogens with zero attached hydrogens (tertiary/aromatic N) is 2. The Hall–Kier alpha value is -1.80. The predicted octanol–water partition coefficient (Wildman–Crippen LogP) is 0.130. The SMILES string of the molecule is COc1cc(N)ccc1S(=O)(=O)N1CCCN(C)C(=O)C1. The van der Waals surface area contributed by atoms with E-state index in [0.717, 1.165) is 0 Å². The maximum absolute atomic E-state index is 12.7. The lowest BCUT2D eigenvalue weighted by atomic mass is 10.3. The van der Waals surface area contributed by atoms with Crippen LogP contribution in [-0.2, 0) is 14.8 Å². The normalized spacial score (nSPS) is 17.6. The van der Waals surface area contributed by atoms with Crippen molar-refractivity contribution < 1.29 is 17.9 Å². The molecule has 0 aromatic heterocycles. The van der Waals surface area contributed by atoms with Crippen LogP contribution in [0.25, 0.3) is 0 Å². The second-order valence-electron chi connectivity index (χ2n) is 4.92. The topological polar surface area (TPSA) is 92.9 Å². The highest BCUT2D eigenvalue weighted by molar-refractivity contribution is 7.89. The zero-order valence-corrected chi connectivity index (χ0v) is 12.9. The van der Waals surface area contributed by atoms with Gasteiger partial charge in [0.15, 0.2) is 0 Å². The van der Waals surface area contributed by atoms with E-state index in [1.807, 2.05) is 0 Å². The smallest absolute Gasteiger partial charge is 0.247 e. The summed E-state index contributed by atoms with van der Waals surface area (Å²) in [7, 11) is -0.743. The molecule has 1 fully saturated rings. The maximum Gasteiger partial charge on any atom is 0.247 e. The molecular formula is C13H19N3O4S. The Kier molecular flexibility index (Phi) is 4.38. The van der Waals surface area contributed by atoms with E-state index in [4.69, 9.17) is 10.5 Å². The fourth-order valence-corrected chi connectivity index (χ4v) is 3.77. The molecular weight excluding hydrogens is 294 g/mol. The Morgan fingerprint density at radius 1 is 1.29 bits per heavy atom. The molecule has 2 N–H and O–H groups in total. The molecule has 1 amide bonds. The minimum Gasteiger partial charge on any atom is -0.495 e. The fourth-order valence-electron chi connectivity index (χ4n) is 2.20. The van der Waals surface area contributed by atoms with E-state index in [0.29, 0.717) is 25.2 Å². The fraction of sp³-hybridized carbons (Fsp3) is 0.462. The minimum atomic E-state index is -3.80. The molecule has 1 aromatic carbocycles. The van der Waals surface area contributed by atoms with Crippen molar-refractivity contribution in [2.24, 2.45) is 0 Å². The largest absolute Gasteiger partial charge is 0.495 e. The predicted molar refractivity (Wildman–Crippen MR) is 78.4 cm³/mol. The molecule has 8 heteroatoms. The number of carbonyl (C=O) groups excluding carboxylic acids is 1. The van der Waals surface area contributed by atoms with Gasteiger partial charge in [0.05, 0.1) is 13.7 Å². The number of hydrogen-bond donors (Lipinski definition) is 1. The number of carbonyl (C=O) groups is 1. The Bertz CT molecular complexity index is 645. The van der Waals surface area contributed by atoms with E-state index in [9.17, 15) is 13.2 Å². The van der Waals surface area contributed by atoms with Gasteiger partial charge in [-0.2, -0.15) is 4.31 Å². The van der Waals surface area contributed by atoms with Crippen LogP contribution in [0.4, 0.5) is 5.69 Å². The average Bonchev–Trinajstić information content (AvgIpc) is 2.61. The van der Waals surface area contributed by atoms with Crippen LogP contribution >= 0.6 is 0 Å². The number of benzene rings is 1. The molecule has 0 aliphatic carbocycles. The van der Waals surface area contributed by atoms with Crippen molar-refractivity contribution in [2.75, 3.05) is 39.5 Å². The summed E-state index contributed by atoms with van der Waals surface area (Å²) >= 11 is 0. The lowest BCUT2D eigenvalue weighted by Crippen LogP contribution is -2.38. The van der Waals surface area contributed by atoms with Gasteiger partial charge < -0.3 is 15.4 Å². The van der Waals surface area contributed by atoms with E-state index in [-0.39, 0.29) is 23.1 Å². The summed E-state index contributed by atoms with van der Waals surface area (Å²) in [4.78, 5) is 13.4. The first-order chi connectivity index (χ1) is 9.86. The minimum absolute atomic E-state index is 0.0246. The zero-order valence-electron chi connectivity index (χ0n) is 12.1. The number of likely N-dealkylation sites (N-methyl/N-ethyl adjacent to an activating group) is 1. The lowest BCUT2D eigenvalue weighted by Gasteiger charge is -2.21. The quantitative estimate of drug-likeness (QED) is 0.801. The van der Waals surface area contributed by atoms with Crippen molar-refractivity contribution in [3.63, 3.8) is 0 Å². The molecule has 0 atom stereocenters.